The summed E-state index contributed by atoms with van der Waals surface area (Å²) in [7, 11) is -5.06. The maximum atomic E-state index is 15.2. The normalized spacial score (nSPS) is 29.9. The van der Waals surface area contributed by atoms with Gasteiger partial charge < -0.3 is 35.3 Å². The zero-order chi connectivity index (χ0) is 29.1. The monoisotopic (exact) mass is 599 g/mol. The number of halogens is 1. The van der Waals surface area contributed by atoms with Gasteiger partial charge in [-0.05, 0) is 0 Å². The number of nitrogens with one attached hydrogen (secondary N) is 2. The summed E-state index contributed by atoms with van der Waals surface area (Å²) in [6.07, 6.45) is -6.45. The van der Waals surface area contributed by atoms with E-state index in [4.69, 9.17) is 24.3 Å². The number of phosphoric acid groups is 1. The van der Waals surface area contributed by atoms with Gasteiger partial charge in [0.25, 0.3) is 11.1 Å². The van der Waals surface area contributed by atoms with Gasteiger partial charge in [0, 0.05) is 6.42 Å². The van der Waals surface area contributed by atoms with E-state index in [0.717, 1.165) is 10.9 Å². The summed E-state index contributed by atoms with van der Waals surface area (Å²) < 4.78 is 52.0. The minimum absolute atomic E-state index is 0.0107. The molecule has 6 heterocycles. The topological polar surface area (TPSA) is 268 Å². The third-order valence-electron chi connectivity index (χ3n) is 6.71. The first kappa shape index (κ1) is 27.5. The Balaban J connectivity index is 1.17. The summed E-state index contributed by atoms with van der Waals surface area (Å²) in [6, 6.07) is 0. The van der Waals surface area contributed by atoms with Gasteiger partial charge in [-0.1, -0.05) is 0 Å². The highest BCUT2D eigenvalue weighted by Gasteiger charge is 2.51. The molecule has 19 nitrogen and oxygen atoms in total. The molecule has 220 valence electrons. The number of aliphatic hydroxyl groups excluding tert-OH is 2. The standard InChI is InChI=1S/C20H23FN9O10P/c21-11-8(2-31)39-19(30-6-26-13-16(30)27-20(22)28-18(13)34)14(11)40-41(35,36)37-3-9-7(32)1-10(38-9)29-5-25-12-15(29)23-4-24-17(12)33/h4-11,14,19,31-32H,1-3H2,(H,35,36)(H,23,24,33)(H3,22,27,28,34)/t7-,8+,9+,10+,11+,14+,19+/m0/s1. The van der Waals surface area contributed by atoms with Crippen LogP contribution in [0.25, 0.3) is 22.3 Å². The number of alkyl halides is 1. The molecule has 2 fully saturated rings. The predicted molar refractivity (Wildman–Crippen MR) is 132 cm³/mol. The minimum Gasteiger partial charge on any atom is -0.394 e. The fourth-order valence-electron chi connectivity index (χ4n) is 4.77. The first-order valence-electron chi connectivity index (χ1n) is 12.1. The average Bonchev–Trinajstić information content (AvgIpc) is 3.69. The highest BCUT2D eigenvalue weighted by atomic mass is 31.2. The van der Waals surface area contributed by atoms with Crippen molar-refractivity contribution >= 4 is 36.1 Å². The molecule has 2 saturated heterocycles. The van der Waals surface area contributed by atoms with E-state index in [2.05, 4.69) is 29.9 Å². The number of nitrogens with two attached hydrogens (primary N) is 1. The van der Waals surface area contributed by atoms with Crippen LogP contribution in [0.3, 0.4) is 0 Å². The first-order valence-corrected chi connectivity index (χ1v) is 13.6. The van der Waals surface area contributed by atoms with Crippen molar-refractivity contribution in [2.75, 3.05) is 18.9 Å². The van der Waals surface area contributed by atoms with E-state index in [1.54, 1.807) is 0 Å². The molecule has 0 bridgehead atoms. The summed E-state index contributed by atoms with van der Waals surface area (Å²) in [5.41, 5.74) is 4.41. The second-order valence-electron chi connectivity index (χ2n) is 9.29. The Kier molecular flexibility index (Phi) is 6.94. The van der Waals surface area contributed by atoms with Gasteiger partial charge in [0.2, 0.25) is 5.95 Å². The highest BCUT2D eigenvalue weighted by molar-refractivity contribution is 7.47. The van der Waals surface area contributed by atoms with E-state index in [1.165, 1.54) is 17.2 Å². The fourth-order valence-corrected chi connectivity index (χ4v) is 5.69. The van der Waals surface area contributed by atoms with Gasteiger partial charge in [-0.15, -0.1) is 0 Å². The van der Waals surface area contributed by atoms with Crippen LogP contribution in [0.15, 0.2) is 28.6 Å². The molecule has 0 amide bonds. The third-order valence-corrected chi connectivity index (χ3v) is 7.69. The lowest BCUT2D eigenvalue weighted by Crippen LogP contribution is -2.32. The largest absolute Gasteiger partial charge is 0.472 e. The number of imidazole rings is 2. The summed E-state index contributed by atoms with van der Waals surface area (Å²) >= 11 is 0. The molecule has 0 radical (unpaired) electrons. The molecule has 2 aliphatic rings. The Morgan fingerprint density at radius 3 is 2.61 bits per heavy atom. The Bertz CT molecular complexity index is 1760. The van der Waals surface area contributed by atoms with Crippen LogP contribution in [0.4, 0.5) is 10.3 Å². The van der Waals surface area contributed by atoms with Crippen LogP contribution in [0.5, 0.6) is 0 Å². The number of hydrogen-bond donors (Lipinski definition) is 6. The molecule has 21 heteroatoms. The molecule has 0 spiro atoms. The molecule has 1 unspecified atom stereocenters. The lowest BCUT2D eigenvalue weighted by atomic mass is 10.1. The smallest absolute Gasteiger partial charge is 0.394 e. The van der Waals surface area contributed by atoms with Gasteiger partial charge in [0.1, 0.15) is 24.5 Å². The molecule has 0 aromatic carbocycles. The van der Waals surface area contributed by atoms with Gasteiger partial charge in [-0.3, -0.25) is 32.8 Å². The lowest BCUT2D eigenvalue weighted by molar-refractivity contribution is -0.0593. The van der Waals surface area contributed by atoms with E-state index in [1.807, 2.05) is 0 Å². The number of phosphoric ester groups is 1. The minimum atomic E-state index is -5.06. The first-order chi connectivity index (χ1) is 19.6. The SMILES string of the molecule is Nc1nc2c(ncn2[C@@H]2O[C@H](CO)[C@@H](F)[C@H]2OP(=O)(O)OC[C@H]2O[C@@H](n3cnc4c(=O)[nH]cnc43)C[C@@H]2O)c(=O)[nH]1. The Morgan fingerprint density at radius 1 is 1.12 bits per heavy atom. The lowest BCUT2D eigenvalue weighted by Gasteiger charge is -2.24. The number of nitrogens with zero attached hydrogens (tertiary/aromatic N) is 6. The van der Waals surface area contributed by atoms with Crippen LogP contribution in [-0.2, 0) is 23.1 Å². The summed E-state index contributed by atoms with van der Waals surface area (Å²) in [6.45, 7) is -1.45. The molecule has 0 saturated carbocycles. The van der Waals surface area contributed by atoms with Gasteiger partial charge in [-0.2, -0.15) is 4.98 Å². The number of H-pyrrole nitrogens is 2. The second kappa shape index (κ2) is 10.3. The van der Waals surface area contributed by atoms with Gasteiger partial charge in [0.15, 0.2) is 34.7 Å². The number of hydrogen-bond acceptors (Lipinski definition) is 14. The maximum absolute atomic E-state index is 15.2. The van der Waals surface area contributed by atoms with E-state index < -0.39 is 75.2 Å². The van der Waals surface area contributed by atoms with Crippen molar-refractivity contribution in [2.45, 2.75) is 49.5 Å². The zero-order valence-electron chi connectivity index (χ0n) is 20.7. The van der Waals surface area contributed by atoms with Crippen molar-refractivity contribution in [1.29, 1.82) is 0 Å². The predicted octanol–water partition coefficient (Wildman–Crippen LogP) is -1.79. The van der Waals surface area contributed by atoms with Crippen molar-refractivity contribution < 1.29 is 42.6 Å². The van der Waals surface area contributed by atoms with Crippen molar-refractivity contribution in [2.24, 2.45) is 0 Å². The molecule has 4 aromatic rings. The van der Waals surface area contributed by atoms with Crippen molar-refractivity contribution in [1.82, 2.24) is 39.0 Å². The van der Waals surface area contributed by atoms with Gasteiger partial charge >= 0.3 is 7.82 Å². The van der Waals surface area contributed by atoms with Crippen LogP contribution >= 0.6 is 7.82 Å². The van der Waals surface area contributed by atoms with Crippen LogP contribution in [0.2, 0.25) is 0 Å². The molecular formula is C20H23FN9O10P. The molecule has 2 aliphatic heterocycles. The molecule has 8 atom stereocenters. The van der Waals surface area contributed by atoms with Crippen LogP contribution in [0.1, 0.15) is 18.9 Å². The number of aromatic amines is 2. The quantitative estimate of drug-likeness (QED) is 0.122. The van der Waals surface area contributed by atoms with Gasteiger partial charge in [0.05, 0.1) is 38.3 Å². The fraction of sp³-hybridized carbons (Fsp3) is 0.500. The number of nitrogen functional groups attached to an aromatic ring is 1. The molecule has 4 aromatic heterocycles. The maximum Gasteiger partial charge on any atom is 0.472 e. The van der Waals surface area contributed by atoms with E-state index in [9.17, 15) is 29.3 Å². The Morgan fingerprint density at radius 2 is 1.85 bits per heavy atom. The Labute approximate surface area is 226 Å². The van der Waals surface area contributed by atoms with Crippen LogP contribution < -0.4 is 16.9 Å². The van der Waals surface area contributed by atoms with Crippen molar-refractivity contribution in [3.8, 4) is 0 Å². The van der Waals surface area contributed by atoms with E-state index in [-0.39, 0.29) is 34.7 Å². The molecule has 6 rings (SSSR count). The summed E-state index contributed by atoms with van der Waals surface area (Å²) in [5.74, 6) is -0.272. The molecule has 0 aliphatic carbocycles. The number of aromatic nitrogens is 8. The number of rotatable bonds is 8. The second-order valence-corrected chi connectivity index (χ2v) is 10.7. The number of aliphatic hydroxyl groups is 2. The zero-order valence-corrected chi connectivity index (χ0v) is 21.6. The Hall–Kier alpha value is -3.62. The van der Waals surface area contributed by atoms with Crippen LogP contribution in [-0.4, -0.2) is 97.9 Å². The highest BCUT2D eigenvalue weighted by Crippen LogP contribution is 2.50. The average molecular weight is 599 g/mol. The summed E-state index contributed by atoms with van der Waals surface area (Å²) in [4.78, 5) is 55.1. The third kappa shape index (κ3) is 4.93. The number of anilines is 1. The van der Waals surface area contributed by atoms with Crippen molar-refractivity contribution in [3.05, 3.63) is 39.7 Å². The summed E-state index contributed by atoms with van der Waals surface area (Å²) in [5, 5.41) is 20.0. The van der Waals surface area contributed by atoms with E-state index >= 15 is 4.39 Å². The molecule has 41 heavy (non-hydrogen) atoms. The number of ether oxygens (including phenoxy) is 2. The van der Waals surface area contributed by atoms with Crippen LogP contribution in [0, 0.1) is 0 Å². The number of fused-ring (bicyclic) bond motifs is 2. The molecule has 7 N–H and O–H groups in total. The molecular weight excluding hydrogens is 576 g/mol. The van der Waals surface area contributed by atoms with E-state index in [0.29, 0.717) is 0 Å². The van der Waals surface area contributed by atoms with Crippen molar-refractivity contribution in [3.63, 3.8) is 0 Å². The van der Waals surface area contributed by atoms with Gasteiger partial charge in [-0.25, -0.2) is 23.9 Å².